The predicted molar refractivity (Wildman–Crippen MR) is 62.6 cm³/mol. The second kappa shape index (κ2) is 5.11. The molecule has 1 aliphatic rings. The Balaban J connectivity index is 2.45. The molecule has 0 aromatic heterocycles. The molecular weight excluding hydrogens is 200 g/mol. The molecule has 0 spiro atoms. The van der Waals surface area contributed by atoms with E-state index in [4.69, 9.17) is 0 Å². The highest BCUT2D eigenvalue weighted by atomic mass is 32.2. The summed E-state index contributed by atoms with van der Waals surface area (Å²) in [6, 6.07) is 0. The summed E-state index contributed by atoms with van der Waals surface area (Å²) in [5, 5.41) is 1.48. The fourth-order valence-electron chi connectivity index (χ4n) is 1.23. The van der Waals surface area contributed by atoms with Crippen molar-refractivity contribution in [2.45, 2.75) is 36.0 Å². The zero-order chi connectivity index (χ0) is 9.84. The lowest BCUT2D eigenvalue weighted by Crippen LogP contribution is -2.31. The summed E-state index contributed by atoms with van der Waals surface area (Å²) in [7, 11) is 0. The molecule has 3 atom stereocenters. The third kappa shape index (κ3) is 3.06. The van der Waals surface area contributed by atoms with Crippen molar-refractivity contribution in [2.24, 2.45) is 0 Å². The van der Waals surface area contributed by atoms with Gasteiger partial charge >= 0.3 is 0 Å². The molecule has 0 bridgehead atoms. The van der Waals surface area contributed by atoms with Gasteiger partial charge in [0.05, 0.1) is 5.25 Å². The molecule has 3 heteroatoms. The average molecular weight is 216 g/mol. The van der Waals surface area contributed by atoms with Crippen LogP contribution in [0.1, 0.15) is 20.3 Å². The maximum atomic E-state index is 11.5. The molecule has 0 N–H and O–H groups in total. The highest BCUT2D eigenvalue weighted by molar-refractivity contribution is 8.08. The Hall–Kier alpha value is 0.110. The maximum absolute atomic E-state index is 11.5. The van der Waals surface area contributed by atoms with E-state index in [-0.39, 0.29) is 5.25 Å². The van der Waals surface area contributed by atoms with E-state index in [1.807, 2.05) is 23.5 Å². The molecule has 13 heavy (non-hydrogen) atoms. The maximum Gasteiger partial charge on any atom is 0.150 e. The van der Waals surface area contributed by atoms with Gasteiger partial charge < -0.3 is 0 Å². The summed E-state index contributed by atoms with van der Waals surface area (Å²) in [6.07, 6.45) is 2.23. The molecule has 1 fully saturated rings. The van der Waals surface area contributed by atoms with Gasteiger partial charge in [-0.05, 0) is 0 Å². The molecular formula is C10H16OS2. The zero-order valence-electron chi connectivity index (χ0n) is 8.16. The van der Waals surface area contributed by atoms with Crippen molar-refractivity contribution in [1.82, 2.24) is 0 Å². The molecule has 3 unspecified atom stereocenters. The lowest BCUT2D eigenvalue weighted by molar-refractivity contribution is -0.117. The normalized spacial score (nSPS) is 34.2. The lowest BCUT2D eigenvalue weighted by atomic mass is 10.2. The van der Waals surface area contributed by atoms with E-state index in [0.717, 1.165) is 5.75 Å². The van der Waals surface area contributed by atoms with Crippen LogP contribution < -0.4 is 0 Å². The van der Waals surface area contributed by atoms with Gasteiger partial charge in [-0.15, -0.1) is 18.3 Å². The van der Waals surface area contributed by atoms with Crippen LogP contribution in [0.2, 0.25) is 0 Å². The number of hydrogen-bond donors (Lipinski definition) is 0. The summed E-state index contributed by atoms with van der Waals surface area (Å²) >= 11 is 3.74. The van der Waals surface area contributed by atoms with E-state index >= 15 is 0 Å². The van der Waals surface area contributed by atoms with Crippen LogP contribution in [0, 0.1) is 0 Å². The Kier molecular flexibility index (Phi) is 4.39. The highest BCUT2D eigenvalue weighted by Gasteiger charge is 2.29. The third-order valence-electron chi connectivity index (χ3n) is 2.26. The number of thioether (sulfide) groups is 2. The van der Waals surface area contributed by atoms with Crippen molar-refractivity contribution < 1.29 is 4.79 Å². The predicted octanol–water partition coefficient (Wildman–Crippen LogP) is 2.76. The first kappa shape index (κ1) is 11.2. The molecule has 0 radical (unpaired) electrons. The van der Waals surface area contributed by atoms with Crippen LogP contribution in [0.15, 0.2) is 12.7 Å². The first-order valence-corrected chi connectivity index (χ1v) is 6.55. The fraction of sp³-hybridized carbons (Fsp3) is 0.700. The Morgan fingerprint density at radius 1 is 1.54 bits per heavy atom. The van der Waals surface area contributed by atoms with E-state index in [1.165, 1.54) is 0 Å². The van der Waals surface area contributed by atoms with Crippen molar-refractivity contribution >= 4 is 29.3 Å². The third-order valence-corrected chi connectivity index (χ3v) is 5.69. The van der Waals surface area contributed by atoms with E-state index in [2.05, 4.69) is 20.4 Å². The van der Waals surface area contributed by atoms with Crippen LogP contribution in [0.5, 0.6) is 0 Å². The number of carbonyl (C=O) groups is 1. The van der Waals surface area contributed by atoms with Crippen LogP contribution in [-0.4, -0.2) is 27.3 Å². The van der Waals surface area contributed by atoms with E-state index < -0.39 is 0 Å². The number of allylic oxidation sites excluding steroid dienone is 1. The van der Waals surface area contributed by atoms with Gasteiger partial charge in [-0.2, -0.15) is 11.8 Å². The molecule has 0 aromatic rings. The first-order chi connectivity index (χ1) is 6.15. The lowest BCUT2D eigenvalue weighted by Gasteiger charge is -2.30. The van der Waals surface area contributed by atoms with Gasteiger partial charge in [0, 0.05) is 22.7 Å². The van der Waals surface area contributed by atoms with Gasteiger partial charge in [0.25, 0.3) is 0 Å². The minimum atomic E-state index is 0.203. The number of carbonyl (C=O) groups excluding carboxylic acids is 1. The average Bonchev–Trinajstić information content (AvgIpc) is 2.10. The Labute approximate surface area is 88.7 Å². The molecule has 1 nitrogen and oxygen atoms in total. The van der Waals surface area contributed by atoms with Crippen molar-refractivity contribution in [1.29, 1.82) is 0 Å². The number of rotatable bonds is 3. The number of ketones is 1. The van der Waals surface area contributed by atoms with Gasteiger partial charge in [0.15, 0.2) is 0 Å². The standard InChI is InChI=1S/C10H16OS2/c1-4-5-9(11)10-6-12-7(2)8(3)13-10/h4,7-8,10H,1,5-6H2,2-3H3. The smallest absolute Gasteiger partial charge is 0.150 e. The topological polar surface area (TPSA) is 17.1 Å². The van der Waals surface area contributed by atoms with Crippen molar-refractivity contribution in [3.8, 4) is 0 Å². The summed E-state index contributed by atoms with van der Waals surface area (Å²) in [5.41, 5.74) is 0. The second-order valence-corrected chi connectivity index (χ2v) is 6.32. The molecule has 0 aromatic carbocycles. The van der Waals surface area contributed by atoms with Crippen LogP contribution in [0.3, 0.4) is 0 Å². The van der Waals surface area contributed by atoms with Crippen molar-refractivity contribution in [2.75, 3.05) is 5.75 Å². The van der Waals surface area contributed by atoms with Crippen LogP contribution in [0.25, 0.3) is 0 Å². The van der Waals surface area contributed by atoms with Gasteiger partial charge in [-0.1, -0.05) is 19.9 Å². The molecule has 1 aliphatic heterocycles. The van der Waals surface area contributed by atoms with E-state index in [0.29, 0.717) is 22.7 Å². The zero-order valence-corrected chi connectivity index (χ0v) is 9.79. The monoisotopic (exact) mass is 216 g/mol. The van der Waals surface area contributed by atoms with Gasteiger partial charge in [0.1, 0.15) is 5.78 Å². The van der Waals surface area contributed by atoms with Gasteiger partial charge in [0.2, 0.25) is 0 Å². The van der Waals surface area contributed by atoms with Gasteiger partial charge in [-0.25, -0.2) is 0 Å². The summed E-state index contributed by atoms with van der Waals surface area (Å²) in [4.78, 5) is 11.5. The molecule has 0 aliphatic carbocycles. The van der Waals surface area contributed by atoms with E-state index in [1.54, 1.807) is 6.08 Å². The molecule has 1 saturated heterocycles. The molecule has 0 saturated carbocycles. The first-order valence-electron chi connectivity index (χ1n) is 4.55. The van der Waals surface area contributed by atoms with Crippen LogP contribution >= 0.6 is 23.5 Å². The number of hydrogen-bond acceptors (Lipinski definition) is 3. The van der Waals surface area contributed by atoms with Crippen molar-refractivity contribution in [3.63, 3.8) is 0 Å². The Bertz CT molecular complexity index is 203. The summed E-state index contributed by atoms with van der Waals surface area (Å²) in [5.74, 6) is 1.31. The largest absolute Gasteiger partial charge is 0.298 e. The summed E-state index contributed by atoms with van der Waals surface area (Å²) in [6.45, 7) is 8.03. The van der Waals surface area contributed by atoms with Gasteiger partial charge in [-0.3, -0.25) is 4.79 Å². The minimum Gasteiger partial charge on any atom is -0.298 e. The molecule has 1 rings (SSSR count). The Morgan fingerprint density at radius 3 is 2.77 bits per heavy atom. The SMILES string of the molecule is C=CCC(=O)C1CSC(C)C(C)S1. The second-order valence-electron chi connectivity index (χ2n) is 3.33. The quantitative estimate of drug-likeness (QED) is 0.675. The van der Waals surface area contributed by atoms with E-state index in [9.17, 15) is 4.79 Å². The molecule has 0 amide bonds. The van der Waals surface area contributed by atoms with Crippen molar-refractivity contribution in [3.05, 3.63) is 12.7 Å². The highest BCUT2D eigenvalue weighted by Crippen LogP contribution is 2.36. The summed E-state index contributed by atoms with van der Waals surface area (Å²) < 4.78 is 0. The molecule has 74 valence electrons. The fourth-order valence-corrected chi connectivity index (χ4v) is 4.13. The number of Topliss-reactive ketones (excluding diaryl/α,β-unsaturated/α-hetero) is 1. The molecule has 1 heterocycles. The van der Waals surface area contributed by atoms with Crippen LogP contribution in [0.4, 0.5) is 0 Å². The van der Waals surface area contributed by atoms with Crippen LogP contribution in [-0.2, 0) is 4.79 Å². The minimum absolute atomic E-state index is 0.203. The Morgan fingerprint density at radius 2 is 2.23 bits per heavy atom.